The summed E-state index contributed by atoms with van der Waals surface area (Å²) >= 11 is 0. The zero-order valence-electron chi connectivity index (χ0n) is 23.9. The summed E-state index contributed by atoms with van der Waals surface area (Å²) in [5, 5.41) is 20.3. The minimum atomic E-state index is -0.942. The van der Waals surface area contributed by atoms with E-state index < -0.39 is 24.2 Å². The Kier molecular flexibility index (Phi) is 14.0. The van der Waals surface area contributed by atoms with Crippen molar-refractivity contribution in [3.05, 3.63) is 35.9 Å². The molecule has 39 heavy (non-hydrogen) atoms. The van der Waals surface area contributed by atoms with Crippen LogP contribution in [0.1, 0.15) is 84.1 Å². The maximum Gasteiger partial charge on any atom is 0.306 e. The van der Waals surface area contributed by atoms with Gasteiger partial charge in [0.2, 0.25) is 17.7 Å². The number of hydrogen-bond acceptors (Lipinski definition) is 6. The van der Waals surface area contributed by atoms with Crippen LogP contribution < -0.4 is 16.0 Å². The summed E-state index contributed by atoms with van der Waals surface area (Å²) in [6, 6.07) is 8.00. The summed E-state index contributed by atoms with van der Waals surface area (Å²) in [7, 11) is 1.28. The molecule has 1 aromatic rings. The predicted octanol–water partition coefficient (Wildman–Crippen LogP) is 3.03. The first kappa shape index (κ1) is 32.3. The molecule has 0 heterocycles. The van der Waals surface area contributed by atoms with Crippen LogP contribution in [0.5, 0.6) is 0 Å². The standard InChI is InChI=1S/C30H47N3O6/c1-5-20(2)29(31-21(3)34)30(38)33-24(23-14-10-7-11-15-23)19-26(35)25(18-22-12-8-6-9-13-22)32-27(36)16-17-28(37)39-4/h6,8-9,12-13,20,23-26,29,35H,5,7,10-11,14-19H2,1-4H3,(H,31,34)(H,32,36)(H,33,38)/t20-,24+,25-,26-,29-/m0/s1. The number of methoxy groups -OCH3 is 1. The number of amides is 3. The Morgan fingerprint density at radius 1 is 1.00 bits per heavy atom. The van der Waals surface area contributed by atoms with Gasteiger partial charge in [-0.2, -0.15) is 0 Å². The van der Waals surface area contributed by atoms with Gasteiger partial charge in [0.15, 0.2) is 0 Å². The van der Waals surface area contributed by atoms with Gasteiger partial charge in [-0.15, -0.1) is 0 Å². The fraction of sp³-hybridized carbons (Fsp3) is 0.667. The molecule has 0 spiro atoms. The molecule has 5 atom stereocenters. The molecule has 9 nitrogen and oxygen atoms in total. The van der Waals surface area contributed by atoms with Crippen molar-refractivity contribution in [2.45, 2.75) is 109 Å². The highest BCUT2D eigenvalue weighted by atomic mass is 16.5. The predicted molar refractivity (Wildman–Crippen MR) is 150 cm³/mol. The fourth-order valence-corrected chi connectivity index (χ4v) is 5.27. The molecule has 1 aliphatic carbocycles. The van der Waals surface area contributed by atoms with Crippen LogP contribution in [0.3, 0.4) is 0 Å². The largest absolute Gasteiger partial charge is 0.469 e. The summed E-state index contributed by atoms with van der Waals surface area (Å²) in [4.78, 5) is 49.5. The first-order valence-electron chi connectivity index (χ1n) is 14.3. The molecule has 0 bridgehead atoms. The lowest BCUT2D eigenvalue weighted by Gasteiger charge is -2.36. The van der Waals surface area contributed by atoms with Gasteiger partial charge in [0.25, 0.3) is 0 Å². The van der Waals surface area contributed by atoms with Crippen LogP contribution in [0, 0.1) is 11.8 Å². The Bertz CT molecular complexity index is 919. The summed E-state index contributed by atoms with van der Waals surface area (Å²) in [5.74, 6) is -1.18. The van der Waals surface area contributed by atoms with Gasteiger partial charge in [0, 0.05) is 19.4 Å². The molecule has 1 aromatic carbocycles. The molecular formula is C30H47N3O6. The van der Waals surface area contributed by atoms with Gasteiger partial charge in [-0.05, 0) is 43.1 Å². The second-order valence-corrected chi connectivity index (χ2v) is 10.8. The molecule has 2 rings (SSSR count). The van der Waals surface area contributed by atoms with Gasteiger partial charge >= 0.3 is 5.97 Å². The summed E-state index contributed by atoms with van der Waals surface area (Å²) in [6.07, 6.45) is 5.52. The Morgan fingerprint density at radius 3 is 2.26 bits per heavy atom. The maximum absolute atomic E-state index is 13.4. The maximum atomic E-state index is 13.4. The molecule has 0 aliphatic heterocycles. The Balaban J connectivity index is 2.22. The van der Waals surface area contributed by atoms with E-state index in [-0.39, 0.29) is 54.9 Å². The minimum Gasteiger partial charge on any atom is -0.469 e. The number of aliphatic hydroxyl groups is 1. The average Bonchev–Trinajstić information content (AvgIpc) is 2.94. The number of aliphatic hydroxyl groups excluding tert-OH is 1. The van der Waals surface area contributed by atoms with Crippen molar-refractivity contribution < 1.29 is 29.0 Å². The Hall–Kier alpha value is -2.94. The van der Waals surface area contributed by atoms with Crippen molar-refractivity contribution in [1.29, 1.82) is 0 Å². The third-order valence-corrected chi connectivity index (χ3v) is 7.79. The normalized spacial score (nSPS) is 17.7. The summed E-state index contributed by atoms with van der Waals surface area (Å²) in [5.41, 5.74) is 0.954. The van der Waals surface area contributed by atoms with Crippen LogP contribution >= 0.6 is 0 Å². The smallest absolute Gasteiger partial charge is 0.306 e. The quantitative estimate of drug-likeness (QED) is 0.250. The second-order valence-electron chi connectivity index (χ2n) is 10.8. The van der Waals surface area contributed by atoms with E-state index in [2.05, 4.69) is 20.7 Å². The Labute approximate surface area is 232 Å². The first-order valence-corrected chi connectivity index (χ1v) is 14.3. The lowest BCUT2D eigenvalue weighted by Crippen LogP contribution is -2.55. The van der Waals surface area contributed by atoms with Crippen molar-refractivity contribution in [2.24, 2.45) is 11.8 Å². The zero-order valence-corrected chi connectivity index (χ0v) is 23.9. The van der Waals surface area contributed by atoms with E-state index in [4.69, 9.17) is 0 Å². The van der Waals surface area contributed by atoms with E-state index in [1.165, 1.54) is 14.0 Å². The summed E-state index contributed by atoms with van der Waals surface area (Å²) in [6.45, 7) is 5.32. The fourth-order valence-electron chi connectivity index (χ4n) is 5.27. The van der Waals surface area contributed by atoms with Crippen LogP contribution in [0.25, 0.3) is 0 Å². The highest BCUT2D eigenvalue weighted by Gasteiger charge is 2.34. The number of nitrogens with one attached hydrogen (secondary N) is 3. The van der Waals surface area contributed by atoms with Crippen LogP contribution in [0.4, 0.5) is 0 Å². The molecule has 0 radical (unpaired) electrons. The third-order valence-electron chi connectivity index (χ3n) is 7.79. The van der Waals surface area contributed by atoms with Crippen molar-refractivity contribution in [2.75, 3.05) is 7.11 Å². The van der Waals surface area contributed by atoms with Crippen LogP contribution in [-0.4, -0.2) is 60.1 Å². The monoisotopic (exact) mass is 545 g/mol. The van der Waals surface area contributed by atoms with Crippen LogP contribution in [0.15, 0.2) is 30.3 Å². The van der Waals surface area contributed by atoms with Crippen molar-refractivity contribution in [3.63, 3.8) is 0 Å². The highest BCUT2D eigenvalue weighted by molar-refractivity contribution is 5.87. The number of hydrogen-bond donors (Lipinski definition) is 4. The van der Waals surface area contributed by atoms with E-state index in [9.17, 15) is 24.3 Å². The van der Waals surface area contributed by atoms with Crippen LogP contribution in [-0.2, 0) is 30.3 Å². The highest BCUT2D eigenvalue weighted by Crippen LogP contribution is 2.29. The average molecular weight is 546 g/mol. The lowest BCUT2D eigenvalue weighted by molar-refractivity contribution is -0.142. The van der Waals surface area contributed by atoms with E-state index >= 15 is 0 Å². The van der Waals surface area contributed by atoms with Gasteiger partial charge in [-0.1, -0.05) is 69.9 Å². The molecule has 1 saturated carbocycles. The lowest BCUT2D eigenvalue weighted by atomic mass is 9.80. The zero-order chi connectivity index (χ0) is 28.8. The number of rotatable bonds is 15. The Morgan fingerprint density at radius 2 is 1.67 bits per heavy atom. The summed E-state index contributed by atoms with van der Waals surface area (Å²) < 4.78 is 4.64. The second kappa shape index (κ2) is 16.9. The number of benzene rings is 1. The minimum absolute atomic E-state index is 0.0409. The van der Waals surface area contributed by atoms with Gasteiger partial charge in [0.05, 0.1) is 25.7 Å². The SMILES string of the molecule is CC[C@H](C)[C@H](NC(C)=O)C(=O)N[C@H](C[C@H](O)[C@H](Cc1ccccc1)NC(=O)CCC(=O)OC)C1CCCCC1. The van der Waals surface area contributed by atoms with E-state index in [1.54, 1.807) is 0 Å². The number of esters is 1. The van der Waals surface area contributed by atoms with E-state index in [0.29, 0.717) is 6.42 Å². The van der Waals surface area contributed by atoms with Crippen molar-refractivity contribution in [1.82, 2.24) is 16.0 Å². The number of carbonyl (C=O) groups excluding carboxylic acids is 4. The molecule has 9 heteroatoms. The van der Waals surface area contributed by atoms with E-state index in [0.717, 1.165) is 44.1 Å². The molecule has 4 N–H and O–H groups in total. The van der Waals surface area contributed by atoms with Crippen molar-refractivity contribution in [3.8, 4) is 0 Å². The number of ether oxygens (including phenoxy) is 1. The van der Waals surface area contributed by atoms with E-state index in [1.807, 2.05) is 44.2 Å². The molecule has 218 valence electrons. The molecular weight excluding hydrogens is 498 g/mol. The van der Waals surface area contributed by atoms with Gasteiger partial charge in [-0.3, -0.25) is 19.2 Å². The van der Waals surface area contributed by atoms with Gasteiger partial charge in [-0.25, -0.2) is 0 Å². The third kappa shape index (κ3) is 11.4. The van der Waals surface area contributed by atoms with Gasteiger partial charge in [0.1, 0.15) is 6.04 Å². The molecule has 1 aliphatic rings. The molecule has 0 unspecified atom stereocenters. The molecule has 0 aromatic heterocycles. The topological polar surface area (TPSA) is 134 Å². The number of carbonyl (C=O) groups is 4. The van der Waals surface area contributed by atoms with Crippen molar-refractivity contribution >= 4 is 23.7 Å². The van der Waals surface area contributed by atoms with Crippen LogP contribution in [0.2, 0.25) is 0 Å². The first-order chi connectivity index (χ1) is 18.6. The molecule has 3 amide bonds. The van der Waals surface area contributed by atoms with Gasteiger partial charge < -0.3 is 25.8 Å². The molecule has 1 fully saturated rings. The molecule has 0 saturated heterocycles.